The quantitative estimate of drug-likeness (QED) is 0.559. The van der Waals surface area contributed by atoms with Crippen LogP contribution >= 0.6 is 11.6 Å². The molecule has 144 valence electrons. The normalized spacial score (nSPS) is 23.3. The van der Waals surface area contributed by atoms with Crippen LogP contribution in [0.5, 0.6) is 0 Å². The van der Waals surface area contributed by atoms with Crippen molar-refractivity contribution in [1.82, 2.24) is 20.5 Å². The second kappa shape index (κ2) is 7.43. The van der Waals surface area contributed by atoms with Crippen LogP contribution in [0.4, 0.5) is 0 Å². The van der Waals surface area contributed by atoms with Crippen LogP contribution in [0.15, 0.2) is 29.4 Å². The van der Waals surface area contributed by atoms with Gasteiger partial charge in [0.1, 0.15) is 0 Å². The summed E-state index contributed by atoms with van der Waals surface area (Å²) >= 11 is 6.14. The summed E-state index contributed by atoms with van der Waals surface area (Å²) < 4.78 is 0. The van der Waals surface area contributed by atoms with E-state index < -0.39 is 0 Å². The second-order valence-electron chi connectivity index (χ2n) is 7.71. The van der Waals surface area contributed by atoms with Crippen LogP contribution in [0.1, 0.15) is 24.8 Å². The average molecular weight is 388 g/mol. The number of nitrogens with one attached hydrogen (secondary N) is 3. The second-order valence-corrected chi connectivity index (χ2v) is 8.14. The standard InChI is InChI=1S/C20H26ClN5O/c1-22-19(26-8-2-6-20(13-26)10-18(27)25-12-20)23-7-5-14-11-24-17-4-3-15(21)9-16(14)17/h3-4,9,11,24H,2,5-8,10,12-13H2,1H3,(H,22,23)(H,25,27). The first-order valence-corrected chi connectivity index (χ1v) is 9.94. The number of aromatic amines is 1. The number of piperidine rings is 1. The first kappa shape index (κ1) is 18.2. The van der Waals surface area contributed by atoms with Crippen LogP contribution in [0.3, 0.4) is 0 Å². The summed E-state index contributed by atoms with van der Waals surface area (Å²) in [5.41, 5.74) is 2.42. The molecule has 0 saturated carbocycles. The molecule has 0 bridgehead atoms. The van der Waals surface area contributed by atoms with Gasteiger partial charge in [0.25, 0.3) is 0 Å². The van der Waals surface area contributed by atoms with Crippen molar-refractivity contribution < 1.29 is 4.79 Å². The molecule has 4 rings (SSSR count). The SMILES string of the molecule is CN=C(NCCc1c[nH]c2ccc(Cl)cc12)N1CCCC2(CNC(=O)C2)C1. The van der Waals surface area contributed by atoms with Gasteiger partial charge in [0, 0.05) is 67.2 Å². The van der Waals surface area contributed by atoms with Gasteiger partial charge in [0.15, 0.2) is 5.96 Å². The molecule has 1 atom stereocenters. The molecule has 2 aliphatic rings. The molecular formula is C20H26ClN5O. The number of halogens is 1. The van der Waals surface area contributed by atoms with Crippen molar-refractivity contribution in [3.8, 4) is 0 Å². The van der Waals surface area contributed by atoms with E-state index in [1.807, 2.05) is 25.2 Å². The molecule has 3 N–H and O–H groups in total. The lowest BCUT2D eigenvalue weighted by atomic mass is 9.79. The highest BCUT2D eigenvalue weighted by molar-refractivity contribution is 6.31. The topological polar surface area (TPSA) is 72.5 Å². The monoisotopic (exact) mass is 387 g/mol. The summed E-state index contributed by atoms with van der Waals surface area (Å²) in [6.07, 6.45) is 5.78. The van der Waals surface area contributed by atoms with Crippen molar-refractivity contribution in [2.75, 3.05) is 33.2 Å². The fraction of sp³-hybridized carbons (Fsp3) is 0.500. The largest absolute Gasteiger partial charge is 0.361 e. The van der Waals surface area contributed by atoms with Crippen LogP contribution < -0.4 is 10.6 Å². The van der Waals surface area contributed by atoms with Gasteiger partial charge in [-0.15, -0.1) is 0 Å². The highest BCUT2D eigenvalue weighted by Gasteiger charge is 2.42. The third kappa shape index (κ3) is 3.76. The summed E-state index contributed by atoms with van der Waals surface area (Å²) in [5, 5.41) is 8.43. The number of nitrogens with zero attached hydrogens (tertiary/aromatic N) is 2. The Bertz CT molecular complexity index is 876. The van der Waals surface area contributed by atoms with Crippen molar-refractivity contribution in [3.05, 3.63) is 35.0 Å². The van der Waals surface area contributed by atoms with Gasteiger partial charge in [-0.1, -0.05) is 11.6 Å². The van der Waals surface area contributed by atoms with Crippen molar-refractivity contribution in [1.29, 1.82) is 0 Å². The summed E-state index contributed by atoms with van der Waals surface area (Å²) in [5.74, 6) is 1.10. The molecule has 3 heterocycles. The first-order chi connectivity index (χ1) is 13.1. The Hall–Kier alpha value is -2.21. The van der Waals surface area contributed by atoms with Crippen LogP contribution in [-0.2, 0) is 11.2 Å². The van der Waals surface area contributed by atoms with Crippen molar-refractivity contribution in [3.63, 3.8) is 0 Å². The smallest absolute Gasteiger partial charge is 0.220 e. The number of H-pyrrole nitrogens is 1. The number of benzene rings is 1. The molecule has 1 amide bonds. The van der Waals surface area contributed by atoms with E-state index in [-0.39, 0.29) is 11.3 Å². The van der Waals surface area contributed by atoms with E-state index in [0.29, 0.717) is 6.42 Å². The lowest BCUT2D eigenvalue weighted by Gasteiger charge is -2.40. The number of carbonyl (C=O) groups excluding carboxylic acids is 1. The Morgan fingerprint density at radius 2 is 2.33 bits per heavy atom. The lowest BCUT2D eigenvalue weighted by Crippen LogP contribution is -2.51. The number of likely N-dealkylation sites (tertiary alicyclic amines) is 1. The Labute approximate surface area is 164 Å². The van der Waals surface area contributed by atoms with Crippen LogP contribution in [-0.4, -0.2) is 55.0 Å². The summed E-state index contributed by atoms with van der Waals surface area (Å²) in [7, 11) is 1.83. The summed E-state index contributed by atoms with van der Waals surface area (Å²) in [4.78, 5) is 21.8. The molecule has 1 spiro atoms. The van der Waals surface area contributed by atoms with Gasteiger partial charge in [-0.05, 0) is 43.0 Å². The third-order valence-electron chi connectivity index (χ3n) is 5.78. The Morgan fingerprint density at radius 1 is 1.44 bits per heavy atom. The molecule has 1 aromatic carbocycles. The minimum atomic E-state index is 0.0700. The Balaban J connectivity index is 1.38. The summed E-state index contributed by atoms with van der Waals surface area (Å²) in [6, 6.07) is 5.92. The van der Waals surface area contributed by atoms with Crippen LogP contribution in [0, 0.1) is 5.41 Å². The van der Waals surface area contributed by atoms with E-state index in [1.54, 1.807) is 0 Å². The number of guanidine groups is 1. The zero-order chi connectivity index (χ0) is 18.9. The van der Waals surface area contributed by atoms with Gasteiger partial charge in [-0.2, -0.15) is 0 Å². The average Bonchev–Trinajstić information content (AvgIpc) is 3.22. The third-order valence-corrected chi connectivity index (χ3v) is 6.01. The number of fused-ring (bicyclic) bond motifs is 1. The number of aromatic nitrogens is 1. The molecule has 2 saturated heterocycles. The fourth-order valence-electron chi connectivity index (χ4n) is 4.43. The molecule has 27 heavy (non-hydrogen) atoms. The number of aliphatic imine (C=N–C) groups is 1. The molecule has 0 aliphatic carbocycles. The van der Waals surface area contributed by atoms with E-state index in [9.17, 15) is 4.79 Å². The molecule has 6 nitrogen and oxygen atoms in total. The lowest BCUT2D eigenvalue weighted by molar-refractivity contribution is -0.119. The highest BCUT2D eigenvalue weighted by atomic mass is 35.5. The van der Waals surface area contributed by atoms with Gasteiger partial charge in [0.05, 0.1) is 0 Å². The molecule has 1 aromatic heterocycles. The maximum atomic E-state index is 11.7. The highest BCUT2D eigenvalue weighted by Crippen LogP contribution is 2.36. The molecule has 2 fully saturated rings. The number of hydrogen-bond acceptors (Lipinski definition) is 2. The fourth-order valence-corrected chi connectivity index (χ4v) is 4.60. The number of hydrogen-bond donors (Lipinski definition) is 3. The van der Waals surface area contributed by atoms with Crippen LogP contribution in [0.2, 0.25) is 5.02 Å². The molecule has 2 aromatic rings. The van der Waals surface area contributed by atoms with Gasteiger partial charge in [-0.25, -0.2) is 0 Å². The van der Waals surface area contributed by atoms with Gasteiger partial charge >= 0.3 is 0 Å². The van der Waals surface area contributed by atoms with E-state index >= 15 is 0 Å². The summed E-state index contributed by atoms with van der Waals surface area (Å²) in [6.45, 7) is 3.45. The predicted octanol–water partition coefficient (Wildman–Crippen LogP) is 2.54. The molecular weight excluding hydrogens is 362 g/mol. The number of carbonyl (C=O) groups is 1. The van der Waals surface area contributed by atoms with Crippen molar-refractivity contribution in [2.45, 2.75) is 25.7 Å². The van der Waals surface area contributed by atoms with Gasteiger partial charge in [-0.3, -0.25) is 9.79 Å². The predicted molar refractivity (Wildman–Crippen MR) is 109 cm³/mol. The molecule has 2 aliphatic heterocycles. The first-order valence-electron chi connectivity index (χ1n) is 9.56. The Morgan fingerprint density at radius 3 is 3.11 bits per heavy atom. The zero-order valence-electron chi connectivity index (χ0n) is 15.6. The zero-order valence-corrected chi connectivity index (χ0v) is 16.4. The van der Waals surface area contributed by atoms with E-state index in [2.05, 4.69) is 31.7 Å². The Kier molecular flexibility index (Phi) is 5.00. The van der Waals surface area contributed by atoms with Crippen molar-refractivity contribution >= 4 is 34.4 Å². The minimum Gasteiger partial charge on any atom is -0.361 e. The van der Waals surface area contributed by atoms with E-state index in [1.165, 1.54) is 10.9 Å². The molecule has 0 radical (unpaired) electrons. The van der Waals surface area contributed by atoms with E-state index in [4.69, 9.17) is 11.6 Å². The molecule has 7 heteroatoms. The van der Waals surface area contributed by atoms with Gasteiger partial charge < -0.3 is 20.5 Å². The molecule has 1 unspecified atom stereocenters. The number of amides is 1. The van der Waals surface area contributed by atoms with Crippen LogP contribution in [0.25, 0.3) is 10.9 Å². The maximum Gasteiger partial charge on any atom is 0.220 e. The van der Waals surface area contributed by atoms with Crippen molar-refractivity contribution in [2.24, 2.45) is 10.4 Å². The minimum absolute atomic E-state index is 0.0700. The van der Waals surface area contributed by atoms with E-state index in [0.717, 1.165) is 61.9 Å². The maximum absolute atomic E-state index is 11.7. The van der Waals surface area contributed by atoms with Gasteiger partial charge in [0.2, 0.25) is 5.91 Å². The number of rotatable bonds is 3.